The normalized spacial score (nSPS) is 35.6. The molecule has 1 heterocycles. The third-order valence-corrected chi connectivity index (χ3v) is 4.21. The van der Waals surface area contributed by atoms with Gasteiger partial charge in [-0.1, -0.05) is 13.3 Å². The van der Waals surface area contributed by atoms with Crippen LogP contribution in [-0.2, 0) is 4.74 Å². The minimum atomic E-state index is 0.527. The molecule has 1 saturated carbocycles. The Morgan fingerprint density at radius 3 is 2.40 bits per heavy atom. The second-order valence-corrected chi connectivity index (χ2v) is 5.32. The first kappa shape index (κ1) is 11.4. The minimum absolute atomic E-state index is 0.527. The number of nitrogens with one attached hydrogen (secondary N) is 1. The van der Waals surface area contributed by atoms with Crippen molar-refractivity contribution in [2.24, 2.45) is 23.6 Å². The Morgan fingerprint density at radius 2 is 1.87 bits per heavy atom. The van der Waals surface area contributed by atoms with E-state index in [1.54, 1.807) is 0 Å². The lowest BCUT2D eigenvalue weighted by molar-refractivity contribution is 0.0445. The van der Waals surface area contributed by atoms with Crippen LogP contribution in [0.5, 0.6) is 0 Å². The largest absolute Gasteiger partial charge is 0.381 e. The molecule has 0 aromatic carbocycles. The highest BCUT2D eigenvalue weighted by atomic mass is 16.5. The molecular formula is C12H24N2O. The average Bonchev–Trinajstić information content (AvgIpc) is 2.68. The van der Waals surface area contributed by atoms with Gasteiger partial charge >= 0.3 is 0 Å². The maximum absolute atomic E-state index is 5.74. The van der Waals surface area contributed by atoms with E-state index in [1.807, 2.05) is 0 Å². The molecule has 3 unspecified atom stereocenters. The van der Waals surface area contributed by atoms with Crippen LogP contribution < -0.4 is 11.3 Å². The molecular weight excluding hydrogens is 188 g/mol. The molecule has 2 aliphatic rings. The van der Waals surface area contributed by atoms with E-state index in [-0.39, 0.29) is 0 Å². The lowest BCUT2D eigenvalue weighted by Crippen LogP contribution is -2.47. The van der Waals surface area contributed by atoms with E-state index < -0.39 is 0 Å². The van der Waals surface area contributed by atoms with Gasteiger partial charge in [0, 0.05) is 19.3 Å². The molecule has 1 aliphatic heterocycles. The predicted octanol–water partition coefficient (Wildman–Crippen LogP) is 1.68. The third-order valence-electron chi connectivity index (χ3n) is 4.21. The van der Waals surface area contributed by atoms with Crippen LogP contribution >= 0.6 is 0 Å². The van der Waals surface area contributed by atoms with E-state index in [1.165, 1.54) is 32.1 Å². The quantitative estimate of drug-likeness (QED) is 0.553. The van der Waals surface area contributed by atoms with Crippen molar-refractivity contribution in [2.45, 2.75) is 45.1 Å². The highest BCUT2D eigenvalue weighted by Gasteiger charge is 2.33. The van der Waals surface area contributed by atoms with E-state index in [9.17, 15) is 0 Å². The topological polar surface area (TPSA) is 47.3 Å². The molecule has 0 spiro atoms. The first-order chi connectivity index (χ1) is 7.31. The van der Waals surface area contributed by atoms with Crippen molar-refractivity contribution < 1.29 is 4.74 Å². The summed E-state index contributed by atoms with van der Waals surface area (Å²) in [6, 6.07) is 0.527. The van der Waals surface area contributed by atoms with Gasteiger partial charge in [0.2, 0.25) is 0 Å². The van der Waals surface area contributed by atoms with Crippen molar-refractivity contribution >= 4 is 0 Å². The molecule has 1 aliphatic carbocycles. The Labute approximate surface area is 92.7 Å². The molecule has 2 fully saturated rings. The van der Waals surface area contributed by atoms with E-state index >= 15 is 0 Å². The summed E-state index contributed by atoms with van der Waals surface area (Å²) in [5.41, 5.74) is 3.08. The summed E-state index contributed by atoms with van der Waals surface area (Å²) in [5.74, 6) is 8.17. The molecule has 1 saturated heterocycles. The Hall–Kier alpha value is -0.120. The summed E-state index contributed by atoms with van der Waals surface area (Å²) in [7, 11) is 0. The Kier molecular flexibility index (Phi) is 4.00. The standard InChI is InChI=1S/C12H24N2O/c1-9-2-3-11(8-9)12(14-13)10-4-6-15-7-5-10/h9-12,14H,2-8,13H2,1H3. The SMILES string of the molecule is CC1CCC(C(NN)C2CCOCC2)C1. The molecule has 3 N–H and O–H groups in total. The lowest BCUT2D eigenvalue weighted by atomic mass is 9.82. The van der Waals surface area contributed by atoms with Crippen molar-refractivity contribution in [3.05, 3.63) is 0 Å². The van der Waals surface area contributed by atoms with Gasteiger partial charge in [-0.25, -0.2) is 0 Å². The van der Waals surface area contributed by atoms with Crippen LogP contribution in [0, 0.1) is 17.8 Å². The maximum Gasteiger partial charge on any atom is 0.0469 e. The summed E-state index contributed by atoms with van der Waals surface area (Å²) in [6.07, 6.45) is 6.45. The molecule has 0 radical (unpaired) electrons. The Bertz CT molecular complexity index is 187. The van der Waals surface area contributed by atoms with Crippen LogP contribution in [0.25, 0.3) is 0 Å². The van der Waals surface area contributed by atoms with Crippen LogP contribution in [0.3, 0.4) is 0 Å². The van der Waals surface area contributed by atoms with Crippen molar-refractivity contribution in [1.82, 2.24) is 5.43 Å². The molecule has 0 aromatic rings. The van der Waals surface area contributed by atoms with Gasteiger partial charge in [0.05, 0.1) is 0 Å². The van der Waals surface area contributed by atoms with E-state index in [2.05, 4.69) is 12.3 Å². The van der Waals surface area contributed by atoms with E-state index in [4.69, 9.17) is 10.6 Å². The smallest absolute Gasteiger partial charge is 0.0469 e. The summed E-state index contributed by atoms with van der Waals surface area (Å²) in [6.45, 7) is 4.20. The molecule has 3 nitrogen and oxygen atoms in total. The number of ether oxygens (including phenoxy) is 1. The number of hydrazine groups is 1. The molecule has 0 aromatic heterocycles. The molecule has 88 valence electrons. The zero-order valence-electron chi connectivity index (χ0n) is 9.74. The summed E-state index contributed by atoms with van der Waals surface area (Å²) < 4.78 is 5.41. The van der Waals surface area contributed by atoms with Gasteiger partial charge in [-0.05, 0) is 43.4 Å². The average molecular weight is 212 g/mol. The van der Waals surface area contributed by atoms with Gasteiger partial charge in [0.1, 0.15) is 0 Å². The van der Waals surface area contributed by atoms with Crippen LogP contribution in [0.15, 0.2) is 0 Å². The Balaban J connectivity index is 1.90. The Morgan fingerprint density at radius 1 is 1.13 bits per heavy atom. The van der Waals surface area contributed by atoms with Crippen molar-refractivity contribution in [3.63, 3.8) is 0 Å². The van der Waals surface area contributed by atoms with Crippen LogP contribution in [0.1, 0.15) is 39.0 Å². The van der Waals surface area contributed by atoms with Gasteiger partial charge in [-0.2, -0.15) is 0 Å². The van der Waals surface area contributed by atoms with Crippen molar-refractivity contribution in [3.8, 4) is 0 Å². The van der Waals surface area contributed by atoms with E-state index in [0.717, 1.165) is 31.0 Å². The second kappa shape index (κ2) is 5.28. The third kappa shape index (κ3) is 2.71. The fourth-order valence-electron chi connectivity index (χ4n) is 3.31. The first-order valence-electron chi connectivity index (χ1n) is 6.35. The number of rotatable bonds is 3. The molecule has 3 atom stereocenters. The fraction of sp³-hybridized carbons (Fsp3) is 1.00. The first-order valence-corrected chi connectivity index (χ1v) is 6.35. The number of hydrogen-bond acceptors (Lipinski definition) is 3. The second-order valence-electron chi connectivity index (χ2n) is 5.32. The fourth-order valence-corrected chi connectivity index (χ4v) is 3.31. The monoisotopic (exact) mass is 212 g/mol. The van der Waals surface area contributed by atoms with Gasteiger partial charge in [0.25, 0.3) is 0 Å². The van der Waals surface area contributed by atoms with Crippen LogP contribution in [0.2, 0.25) is 0 Å². The lowest BCUT2D eigenvalue weighted by Gasteiger charge is -2.33. The van der Waals surface area contributed by atoms with Crippen LogP contribution in [0.4, 0.5) is 0 Å². The number of hydrogen-bond donors (Lipinski definition) is 2. The molecule has 0 amide bonds. The highest BCUT2D eigenvalue weighted by molar-refractivity contribution is 4.87. The summed E-state index contributed by atoms with van der Waals surface area (Å²) in [4.78, 5) is 0. The summed E-state index contributed by atoms with van der Waals surface area (Å²) in [5, 5.41) is 0. The van der Waals surface area contributed by atoms with Gasteiger partial charge in [0.15, 0.2) is 0 Å². The minimum Gasteiger partial charge on any atom is -0.381 e. The van der Waals surface area contributed by atoms with Gasteiger partial charge in [-0.15, -0.1) is 0 Å². The molecule has 15 heavy (non-hydrogen) atoms. The van der Waals surface area contributed by atoms with Crippen molar-refractivity contribution in [2.75, 3.05) is 13.2 Å². The molecule has 3 heteroatoms. The van der Waals surface area contributed by atoms with E-state index in [0.29, 0.717) is 6.04 Å². The zero-order chi connectivity index (χ0) is 10.7. The zero-order valence-corrected chi connectivity index (χ0v) is 9.74. The van der Waals surface area contributed by atoms with Crippen LogP contribution in [-0.4, -0.2) is 19.3 Å². The molecule has 2 rings (SSSR count). The van der Waals surface area contributed by atoms with Gasteiger partial charge < -0.3 is 4.74 Å². The number of nitrogens with two attached hydrogens (primary N) is 1. The predicted molar refractivity (Wildman–Crippen MR) is 61.2 cm³/mol. The summed E-state index contributed by atoms with van der Waals surface area (Å²) >= 11 is 0. The van der Waals surface area contributed by atoms with Gasteiger partial charge in [-0.3, -0.25) is 11.3 Å². The van der Waals surface area contributed by atoms with Crippen molar-refractivity contribution in [1.29, 1.82) is 0 Å². The highest BCUT2D eigenvalue weighted by Crippen LogP contribution is 2.36. The molecule has 0 bridgehead atoms. The maximum atomic E-state index is 5.74.